The van der Waals surface area contributed by atoms with Gasteiger partial charge < -0.3 is 15.2 Å². The van der Waals surface area contributed by atoms with Crippen molar-refractivity contribution in [3.05, 3.63) is 65.2 Å². The van der Waals surface area contributed by atoms with Crippen LogP contribution >= 0.6 is 0 Å². The van der Waals surface area contributed by atoms with Gasteiger partial charge in [-0.2, -0.15) is 0 Å². The van der Waals surface area contributed by atoms with E-state index in [0.717, 1.165) is 16.9 Å². The molecule has 0 radical (unpaired) electrons. The van der Waals surface area contributed by atoms with Crippen molar-refractivity contribution < 1.29 is 14.6 Å². The molecule has 22 heavy (non-hydrogen) atoms. The number of para-hydroxylation sites is 1. The van der Waals surface area contributed by atoms with Gasteiger partial charge >= 0.3 is 5.97 Å². The topological polar surface area (TPSA) is 58.6 Å². The van der Waals surface area contributed by atoms with Crippen LogP contribution in [0.15, 0.2) is 48.5 Å². The first kappa shape index (κ1) is 16.0. The summed E-state index contributed by atoms with van der Waals surface area (Å²) in [6.07, 6.45) is 0. The summed E-state index contributed by atoms with van der Waals surface area (Å²) in [7, 11) is 0. The molecule has 4 heteroatoms. The second-order valence-electron chi connectivity index (χ2n) is 5.33. The Balaban J connectivity index is 2.00. The maximum Gasteiger partial charge on any atom is 0.320 e. The highest BCUT2D eigenvalue weighted by atomic mass is 16.5. The predicted octanol–water partition coefficient (Wildman–Crippen LogP) is 3.14. The Kier molecular flexibility index (Phi) is 5.55. The molecule has 2 aromatic rings. The summed E-state index contributed by atoms with van der Waals surface area (Å²) in [5, 5.41) is 11.9. The number of hydrogen-bond donors (Lipinski definition) is 2. The molecule has 4 nitrogen and oxygen atoms in total. The van der Waals surface area contributed by atoms with E-state index in [4.69, 9.17) is 9.84 Å². The average Bonchev–Trinajstić information content (AvgIpc) is 2.51. The number of benzene rings is 2. The first-order valence-electron chi connectivity index (χ1n) is 7.28. The number of carboxylic acid groups (broad SMARTS) is 1. The summed E-state index contributed by atoms with van der Waals surface area (Å²) in [6, 6.07) is 15.3. The van der Waals surface area contributed by atoms with Crippen LogP contribution in [-0.4, -0.2) is 17.1 Å². The van der Waals surface area contributed by atoms with Gasteiger partial charge in [0.05, 0.1) is 0 Å². The van der Waals surface area contributed by atoms with E-state index in [1.807, 2.05) is 36.4 Å². The minimum Gasteiger partial charge on any atom is -0.489 e. The van der Waals surface area contributed by atoms with Gasteiger partial charge in [0.15, 0.2) is 0 Å². The Hall–Kier alpha value is -2.33. The predicted molar refractivity (Wildman–Crippen MR) is 85.9 cm³/mol. The number of carboxylic acids is 1. The van der Waals surface area contributed by atoms with E-state index in [-0.39, 0.29) is 0 Å². The first-order chi connectivity index (χ1) is 10.6. The fourth-order valence-electron chi connectivity index (χ4n) is 2.10. The second kappa shape index (κ2) is 7.61. The van der Waals surface area contributed by atoms with Gasteiger partial charge in [0, 0.05) is 12.1 Å². The van der Waals surface area contributed by atoms with Crippen LogP contribution in [0, 0.1) is 6.92 Å². The number of ether oxygens (including phenoxy) is 1. The Morgan fingerprint density at radius 1 is 1.23 bits per heavy atom. The van der Waals surface area contributed by atoms with E-state index in [1.54, 1.807) is 6.92 Å². The van der Waals surface area contributed by atoms with Crippen molar-refractivity contribution in [1.82, 2.24) is 5.32 Å². The van der Waals surface area contributed by atoms with Crippen LogP contribution in [0.2, 0.25) is 0 Å². The summed E-state index contributed by atoms with van der Waals surface area (Å²) in [6.45, 7) is 4.62. The molecule has 0 aliphatic carbocycles. The summed E-state index contributed by atoms with van der Waals surface area (Å²) >= 11 is 0. The second-order valence-corrected chi connectivity index (χ2v) is 5.33. The van der Waals surface area contributed by atoms with E-state index in [2.05, 4.69) is 24.4 Å². The number of carbonyl (C=O) groups is 1. The van der Waals surface area contributed by atoms with Gasteiger partial charge in [-0.05, 0) is 25.5 Å². The van der Waals surface area contributed by atoms with Crippen molar-refractivity contribution in [1.29, 1.82) is 0 Å². The zero-order chi connectivity index (χ0) is 15.9. The average molecular weight is 299 g/mol. The summed E-state index contributed by atoms with van der Waals surface area (Å²) in [5.41, 5.74) is 3.26. The van der Waals surface area contributed by atoms with Crippen molar-refractivity contribution in [2.75, 3.05) is 0 Å². The molecule has 0 saturated heterocycles. The number of hydrogen-bond acceptors (Lipinski definition) is 3. The van der Waals surface area contributed by atoms with Gasteiger partial charge in [-0.3, -0.25) is 4.79 Å². The molecule has 2 rings (SSSR count). The minimum absolute atomic E-state index is 0.456. The zero-order valence-electron chi connectivity index (χ0n) is 12.9. The first-order valence-corrected chi connectivity index (χ1v) is 7.28. The third-order valence-electron chi connectivity index (χ3n) is 3.42. The maximum absolute atomic E-state index is 10.9. The summed E-state index contributed by atoms with van der Waals surface area (Å²) in [4.78, 5) is 10.9. The van der Waals surface area contributed by atoms with E-state index in [0.29, 0.717) is 13.2 Å². The van der Waals surface area contributed by atoms with Crippen LogP contribution in [0.25, 0.3) is 0 Å². The Bertz CT molecular complexity index is 640. The Morgan fingerprint density at radius 2 is 2.00 bits per heavy atom. The number of nitrogens with one attached hydrogen (secondary N) is 1. The van der Waals surface area contributed by atoms with Gasteiger partial charge in [0.2, 0.25) is 0 Å². The zero-order valence-corrected chi connectivity index (χ0v) is 12.9. The number of aliphatic carboxylic acids is 1. The van der Waals surface area contributed by atoms with Gasteiger partial charge in [0.25, 0.3) is 0 Å². The lowest BCUT2D eigenvalue weighted by Gasteiger charge is -2.14. The van der Waals surface area contributed by atoms with E-state index in [9.17, 15) is 4.79 Å². The number of rotatable bonds is 7. The molecule has 0 aromatic heterocycles. The van der Waals surface area contributed by atoms with Crippen LogP contribution in [0.5, 0.6) is 5.75 Å². The monoisotopic (exact) mass is 299 g/mol. The SMILES string of the molecule is Cc1cccc(COc2ccccc2CNC(C)C(=O)O)c1. The van der Waals surface area contributed by atoms with Crippen molar-refractivity contribution in [3.8, 4) is 5.75 Å². The van der Waals surface area contributed by atoms with E-state index in [1.165, 1.54) is 5.56 Å². The summed E-state index contributed by atoms with van der Waals surface area (Å²) in [5.74, 6) is -0.0905. The lowest BCUT2D eigenvalue weighted by atomic mass is 10.1. The van der Waals surface area contributed by atoms with Crippen molar-refractivity contribution in [3.63, 3.8) is 0 Å². The molecule has 0 amide bonds. The molecule has 1 unspecified atom stereocenters. The van der Waals surface area contributed by atoms with Crippen LogP contribution in [0.1, 0.15) is 23.6 Å². The highest BCUT2D eigenvalue weighted by Gasteiger charge is 2.11. The molecule has 0 spiro atoms. The van der Waals surface area contributed by atoms with Gasteiger partial charge in [-0.25, -0.2) is 0 Å². The van der Waals surface area contributed by atoms with Gasteiger partial charge in [-0.15, -0.1) is 0 Å². The third-order valence-corrected chi connectivity index (χ3v) is 3.42. The molecule has 2 aromatic carbocycles. The van der Waals surface area contributed by atoms with Crippen LogP contribution in [0.4, 0.5) is 0 Å². The lowest BCUT2D eigenvalue weighted by molar-refractivity contribution is -0.139. The van der Waals surface area contributed by atoms with E-state index < -0.39 is 12.0 Å². The fourth-order valence-corrected chi connectivity index (χ4v) is 2.10. The normalized spacial score (nSPS) is 11.9. The molecule has 2 N–H and O–H groups in total. The summed E-state index contributed by atoms with van der Waals surface area (Å²) < 4.78 is 5.88. The van der Waals surface area contributed by atoms with Crippen LogP contribution in [0.3, 0.4) is 0 Å². The largest absolute Gasteiger partial charge is 0.489 e. The van der Waals surface area contributed by atoms with Gasteiger partial charge in [-0.1, -0.05) is 48.0 Å². The van der Waals surface area contributed by atoms with Crippen LogP contribution < -0.4 is 10.1 Å². The molecule has 116 valence electrons. The third kappa shape index (κ3) is 4.60. The molecule has 1 atom stereocenters. The highest BCUT2D eigenvalue weighted by molar-refractivity contribution is 5.72. The highest BCUT2D eigenvalue weighted by Crippen LogP contribution is 2.19. The Labute approximate surface area is 130 Å². The molecule has 0 aliphatic heterocycles. The fraction of sp³-hybridized carbons (Fsp3) is 0.278. The molecular weight excluding hydrogens is 278 g/mol. The minimum atomic E-state index is -0.863. The molecular formula is C18H21NO3. The van der Waals surface area contributed by atoms with Crippen molar-refractivity contribution >= 4 is 5.97 Å². The lowest BCUT2D eigenvalue weighted by Crippen LogP contribution is -2.33. The van der Waals surface area contributed by atoms with Gasteiger partial charge in [0.1, 0.15) is 18.4 Å². The molecule has 0 aliphatic rings. The van der Waals surface area contributed by atoms with Crippen LogP contribution in [-0.2, 0) is 17.9 Å². The maximum atomic E-state index is 10.9. The van der Waals surface area contributed by atoms with Crippen molar-refractivity contribution in [2.24, 2.45) is 0 Å². The smallest absolute Gasteiger partial charge is 0.320 e. The molecule has 0 saturated carbocycles. The quantitative estimate of drug-likeness (QED) is 0.824. The van der Waals surface area contributed by atoms with E-state index >= 15 is 0 Å². The molecule has 0 heterocycles. The molecule has 0 fully saturated rings. The standard InChI is InChI=1S/C18H21NO3/c1-13-6-5-7-15(10-13)12-22-17-9-4-3-8-16(17)11-19-14(2)18(20)21/h3-10,14,19H,11-12H2,1-2H3,(H,20,21). The molecule has 0 bridgehead atoms. The Morgan fingerprint density at radius 3 is 2.73 bits per heavy atom. The van der Waals surface area contributed by atoms with Crippen molar-refractivity contribution in [2.45, 2.75) is 33.0 Å². The number of aryl methyl sites for hydroxylation is 1.